The molecule has 0 atom stereocenters. The Bertz CT molecular complexity index is 589. The molecule has 3 nitrogen and oxygen atoms in total. The van der Waals surface area contributed by atoms with Crippen LogP contribution in [-0.2, 0) is 6.54 Å². The molecule has 0 radical (unpaired) electrons. The smallest absolute Gasteiger partial charge is 0.255 e. The van der Waals surface area contributed by atoms with Crippen molar-refractivity contribution in [1.29, 1.82) is 0 Å². The number of hydrogen-bond donors (Lipinski definition) is 0. The van der Waals surface area contributed by atoms with Gasteiger partial charge in [-0.15, -0.1) is 0 Å². The Balaban J connectivity index is 2.18. The minimum atomic E-state index is -0.447. The van der Waals surface area contributed by atoms with E-state index in [1.165, 1.54) is 17.0 Å². The number of carbonyl (C=O) groups excluding carboxylic acids is 1. The van der Waals surface area contributed by atoms with Crippen molar-refractivity contribution in [3.63, 3.8) is 0 Å². The number of carbonyl (C=O) groups is 1. The van der Waals surface area contributed by atoms with Crippen LogP contribution >= 0.6 is 15.9 Å². The fourth-order valence-corrected chi connectivity index (χ4v) is 2.11. The number of pyridine rings is 1. The third-order valence-corrected chi connectivity index (χ3v) is 3.46. The van der Waals surface area contributed by atoms with Gasteiger partial charge in [-0.3, -0.25) is 9.78 Å². The first-order chi connectivity index (χ1) is 9.09. The Morgan fingerprint density at radius 2 is 2.11 bits per heavy atom. The molecule has 0 aliphatic heterocycles. The van der Waals surface area contributed by atoms with Gasteiger partial charge in [-0.05, 0) is 40.2 Å². The van der Waals surface area contributed by atoms with Gasteiger partial charge in [-0.1, -0.05) is 12.1 Å². The molecule has 2 aromatic rings. The van der Waals surface area contributed by atoms with E-state index in [9.17, 15) is 9.18 Å². The summed E-state index contributed by atoms with van der Waals surface area (Å²) < 4.78 is 13.6. The molecule has 0 aliphatic rings. The van der Waals surface area contributed by atoms with Crippen LogP contribution in [0.25, 0.3) is 0 Å². The first-order valence-corrected chi connectivity index (χ1v) is 6.48. The second-order valence-electron chi connectivity index (χ2n) is 4.08. The predicted molar refractivity (Wildman–Crippen MR) is 74.1 cm³/mol. The van der Waals surface area contributed by atoms with Gasteiger partial charge in [0.25, 0.3) is 5.91 Å². The Labute approximate surface area is 119 Å². The minimum Gasteiger partial charge on any atom is -0.336 e. The molecule has 5 heteroatoms. The summed E-state index contributed by atoms with van der Waals surface area (Å²) in [5, 5.41) is 0. The summed E-state index contributed by atoms with van der Waals surface area (Å²) in [6.45, 7) is 0.378. The molecule has 0 saturated carbocycles. The Morgan fingerprint density at radius 1 is 1.32 bits per heavy atom. The quantitative estimate of drug-likeness (QED) is 0.869. The number of rotatable bonds is 3. The molecule has 0 bridgehead atoms. The van der Waals surface area contributed by atoms with Crippen LogP contribution in [0, 0.1) is 5.82 Å². The van der Waals surface area contributed by atoms with Gasteiger partial charge in [0.2, 0.25) is 0 Å². The van der Waals surface area contributed by atoms with Crippen LogP contribution in [0.3, 0.4) is 0 Å². The molecule has 0 N–H and O–H groups in total. The number of nitrogens with zero attached hydrogens (tertiary/aromatic N) is 2. The van der Waals surface area contributed by atoms with Crippen LogP contribution in [-0.4, -0.2) is 22.8 Å². The van der Waals surface area contributed by atoms with Crippen molar-refractivity contribution in [2.45, 2.75) is 6.54 Å². The number of amides is 1. The van der Waals surface area contributed by atoms with Crippen molar-refractivity contribution in [3.8, 4) is 0 Å². The fourth-order valence-electron chi connectivity index (χ4n) is 1.68. The molecule has 0 aliphatic carbocycles. The summed E-state index contributed by atoms with van der Waals surface area (Å²) >= 11 is 3.10. The Morgan fingerprint density at radius 3 is 2.79 bits per heavy atom. The third-order valence-electron chi connectivity index (χ3n) is 2.65. The minimum absolute atomic E-state index is 0.188. The maximum absolute atomic E-state index is 13.4. The van der Waals surface area contributed by atoms with Gasteiger partial charge in [-0.25, -0.2) is 4.39 Å². The van der Waals surface area contributed by atoms with E-state index in [1.807, 2.05) is 18.2 Å². The van der Waals surface area contributed by atoms with Crippen LogP contribution in [0.15, 0.2) is 47.1 Å². The van der Waals surface area contributed by atoms with E-state index < -0.39 is 5.82 Å². The van der Waals surface area contributed by atoms with Crippen LogP contribution in [0.2, 0.25) is 0 Å². The Kier molecular flexibility index (Phi) is 4.27. The first-order valence-electron chi connectivity index (χ1n) is 5.69. The summed E-state index contributed by atoms with van der Waals surface area (Å²) in [6.07, 6.45) is 1.67. The fraction of sp³-hybridized carbons (Fsp3) is 0.143. The zero-order valence-electron chi connectivity index (χ0n) is 10.3. The van der Waals surface area contributed by atoms with Crippen molar-refractivity contribution in [2.75, 3.05) is 7.05 Å². The van der Waals surface area contributed by atoms with Crippen LogP contribution in [0.4, 0.5) is 4.39 Å². The lowest BCUT2D eigenvalue weighted by atomic mass is 10.2. The number of hydrogen-bond acceptors (Lipinski definition) is 2. The first kappa shape index (κ1) is 13.7. The summed E-state index contributed by atoms with van der Waals surface area (Å²) in [6, 6.07) is 9.92. The third kappa shape index (κ3) is 3.17. The standard InChI is InChI=1S/C14H12BrFN2O/c1-18(9-10-5-2-3-8-17-10)14(19)11-6-4-7-12(16)13(11)15/h2-8H,9H2,1H3. The van der Waals surface area contributed by atoms with Gasteiger partial charge in [-0.2, -0.15) is 0 Å². The molecule has 19 heavy (non-hydrogen) atoms. The number of benzene rings is 1. The zero-order chi connectivity index (χ0) is 13.8. The molecule has 0 saturated heterocycles. The molecule has 1 aromatic heterocycles. The van der Waals surface area contributed by atoms with E-state index in [0.29, 0.717) is 12.1 Å². The topological polar surface area (TPSA) is 33.2 Å². The van der Waals surface area contributed by atoms with Crippen molar-refractivity contribution in [2.24, 2.45) is 0 Å². The lowest BCUT2D eigenvalue weighted by molar-refractivity contribution is 0.0782. The van der Waals surface area contributed by atoms with Crippen LogP contribution in [0.1, 0.15) is 16.1 Å². The van der Waals surface area contributed by atoms with E-state index in [1.54, 1.807) is 19.3 Å². The monoisotopic (exact) mass is 322 g/mol. The van der Waals surface area contributed by atoms with Gasteiger partial charge in [0.15, 0.2) is 0 Å². The number of halogens is 2. The van der Waals surface area contributed by atoms with Crippen LogP contribution in [0.5, 0.6) is 0 Å². The lowest BCUT2D eigenvalue weighted by Crippen LogP contribution is -2.27. The highest BCUT2D eigenvalue weighted by Gasteiger charge is 2.17. The van der Waals surface area contributed by atoms with Gasteiger partial charge in [0.1, 0.15) is 5.82 Å². The van der Waals surface area contributed by atoms with Crippen molar-refractivity contribution < 1.29 is 9.18 Å². The molecular formula is C14H12BrFN2O. The molecule has 0 spiro atoms. The average molecular weight is 323 g/mol. The van der Waals surface area contributed by atoms with Gasteiger partial charge in [0, 0.05) is 13.2 Å². The van der Waals surface area contributed by atoms with E-state index in [0.717, 1.165) is 5.69 Å². The second-order valence-corrected chi connectivity index (χ2v) is 4.88. The number of aromatic nitrogens is 1. The van der Waals surface area contributed by atoms with E-state index in [2.05, 4.69) is 20.9 Å². The maximum Gasteiger partial charge on any atom is 0.255 e. The predicted octanol–water partition coefficient (Wildman–Crippen LogP) is 3.26. The zero-order valence-corrected chi connectivity index (χ0v) is 11.9. The second kappa shape index (κ2) is 5.93. The van der Waals surface area contributed by atoms with E-state index in [4.69, 9.17) is 0 Å². The highest BCUT2D eigenvalue weighted by atomic mass is 79.9. The SMILES string of the molecule is CN(Cc1ccccn1)C(=O)c1cccc(F)c1Br. The van der Waals surface area contributed by atoms with Crippen molar-refractivity contribution in [3.05, 3.63) is 64.1 Å². The van der Waals surface area contributed by atoms with Crippen LogP contribution < -0.4 is 0 Å². The van der Waals surface area contributed by atoms with Gasteiger partial charge in [0.05, 0.1) is 22.3 Å². The summed E-state index contributed by atoms with van der Waals surface area (Å²) in [4.78, 5) is 17.9. The van der Waals surface area contributed by atoms with Gasteiger partial charge < -0.3 is 4.90 Å². The molecule has 1 aromatic carbocycles. The van der Waals surface area contributed by atoms with Gasteiger partial charge >= 0.3 is 0 Å². The lowest BCUT2D eigenvalue weighted by Gasteiger charge is -2.17. The van der Waals surface area contributed by atoms with E-state index in [-0.39, 0.29) is 10.4 Å². The normalized spacial score (nSPS) is 10.3. The summed E-state index contributed by atoms with van der Waals surface area (Å²) in [5.74, 6) is -0.700. The van der Waals surface area contributed by atoms with Crippen molar-refractivity contribution in [1.82, 2.24) is 9.88 Å². The summed E-state index contributed by atoms with van der Waals surface area (Å²) in [7, 11) is 1.66. The summed E-state index contributed by atoms with van der Waals surface area (Å²) in [5.41, 5.74) is 1.09. The molecule has 1 amide bonds. The highest BCUT2D eigenvalue weighted by molar-refractivity contribution is 9.10. The van der Waals surface area contributed by atoms with Crippen molar-refractivity contribution >= 4 is 21.8 Å². The molecule has 2 rings (SSSR count). The van der Waals surface area contributed by atoms with E-state index >= 15 is 0 Å². The maximum atomic E-state index is 13.4. The molecule has 1 heterocycles. The molecule has 98 valence electrons. The molecule has 0 fully saturated rings. The average Bonchev–Trinajstić information content (AvgIpc) is 2.42. The largest absolute Gasteiger partial charge is 0.336 e. The molecular weight excluding hydrogens is 311 g/mol. The Hall–Kier alpha value is -1.75. The molecule has 0 unspecified atom stereocenters. The highest BCUT2D eigenvalue weighted by Crippen LogP contribution is 2.21.